The first-order valence-electron chi connectivity index (χ1n) is 5.23. The lowest BCUT2D eigenvalue weighted by Crippen LogP contribution is -1.99. The smallest absolute Gasteiger partial charge is 0.367 e. The lowest BCUT2D eigenvalue weighted by atomic mass is 10.0. The van der Waals surface area contributed by atoms with Crippen LogP contribution in [-0.4, -0.2) is 18.1 Å². The van der Waals surface area contributed by atoms with Crippen molar-refractivity contribution in [2.45, 2.75) is 13.8 Å². The molecule has 0 spiro atoms. The van der Waals surface area contributed by atoms with Crippen LogP contribution in [0.4, 0.5) is 0 Å². The predicted molar refractivity (Wildman–Crippen MR) is 68.4 cm³/mol. The average Bonchev–Trinajstić information content (AvgIpc) is 2.77. The number of hydrogen-bond acceptors (Lipinski definition) is 4. The molecule has 0 atom stereocenters. The van der Waals surface area contributed by atoms with Crippen molar-refractivity contribution in [3.63, 3.8) is 0 Å². The molecule has 3 nitrogen and oxygen atoms in total. The summed E-state index contributed by atoms with van der Waals surface area (Å²) in [5.74, 6) is -0.383. The van der Waals surface area contributed by atoms with E-state index in [-0.39, 0.29) is 5.97 Å². The van der Waals surface area contributed by atoms with Gasteiger partial charge in [-0.15, -0.1) is 11.3 Å². The van der Waals surface area contributed by atoms with Crippen LogP contribution in [0.15, 0.2) is 23.6 Å². The summed E-state index contributed by atoms with van der Waals surface area (Å²) in [5, 5.41) is 2.27. The van der Waals surface area contributed by atoms with Gasteiger partial charge >= 0.3 is 5.97 Å². The van der Waals surface area contributed by atoms with Crippen molar-refractivity contribution in [1.82, 2.24) is 4.98 Å². The topological polar surface area (TPSA) is 39.2 Å². The minimum absolute atomic E-state index is 0.383. The average molecular weight is 247 g/mol. The standard InChI is InChI=1S/C13H13NO2S/c1-8-4-5-10(9(2)6-8)11-7-17-12(14-11)13(15)16-3/h4-7H,1-3H3. The van der Waals surface area contributed by atoms with E-state index in [9.17, 15) is 4.79 Å². The molecule has 0 aliphatic heterocycles. The van der Waals surface area contributed by atoms with Gasteiger partial charge in [0.2, 0.25) is 5.01 Å². The van der Waals surface area contributed by atoms with Crippen molar-refractivity contribution >= 4 is 17.3 Å². The van der Waals surface area contributed by atoms with Gasteiger partial charge in [0.1, 0.15) is 0 Å². The second kappa shape index (κ2) is 4.67. The van der Waals surface area contributed by atoms with Crippen LogP contribution in [0.3, 0.4) is 0 Å². The second-order valence-electron chi connectivity index (χ2n) is 3.85. The van der Waals surface area contributed by atoms with Crippen molar-refractivity contribution in [2.24, 2.45) is 0 Å². The van der Waals surface area contributed by atoms with E-state index in [0.29, 0.717) is 5.01 Å². The SMILES string of the molecule is COC(=O)c1nc(-c2ccc(C)cc2C)cs1. The Morgan fingerprint density at radius 1 is 1.35 bits per heavy atom. The third-order valence-corrected chi connectivity index (χ3v) is 3.34. The fourth-order valence-corrected chi connectivity index (χ4v) is 2.41. The maximum atomic E-state index is 11.3. The molecule has 17 heavy (non-hydrogen) atoms. The first-order chi connectivity index (χ1) is 8.11. The Labute approximate surface area is 104 Å². The minimum atomic E-state index is -0.383. The Morgan fingerprint density at radius 2 is 2.12 bits per heavy atom. The van der Waals surface area contributed by atoms with Crippen LogP contribution < -0.4 is 0 Å². The molecule has 2 rings (SSSR count). The van der Waals surface area contributed by atoms with Crippen LogP contribution in [0.5, 0.6) is 0 Å². The van der Waals surface area contributed by atoms with Crippen molar-refractivity contribution in [3.05, 3.63) is 39.7 Å². The van der Waals surface area contributed by atoms with E-state index in [0.717, 1.165) is 16.8 Å². The normalized spacial score (nSPS) is 10.3. The third kappa shape index (κ3) is 2.36. The highest BCUT2D eigenvalue weighted by Crippen LogP contribution is 2.25. The monoisotopic (exact) mass is 247 g/mol. The van der Waals surface area contributed by atoms with Crippen LogP contribution >= 0.6 is 11.3 Å². The van der Waals surface area contributed by atoms with E-state index in [1.54, 1.807) is 0 Å². The molecule has 0 saturated carbocycles. The van der Waals surface area contributed by atoms with Crippen molar-refractivity contribution in [2.75, 3.05) is 7.11 Å². The highest BCUT2D eigenvalue weighted by Gasteiger charge is 2.13. The Kier molecular flexibility index (Phi) is 3.24. The van der Waals surface area contributed by atoms with Crippen molar-refractivity contribution in [1.29, 1.82) is 0 Å². The molecular weight excluding hydrogens is 234 g/mol. The Bertz CT molecular complexity index is 560. The first kappa shape index (κ1) is 11.8. The van der Waals surface area contributed by atoms with Crippen LogP contribution in [-0.2, 0) is 4.74 Å². The number of carbonyl (C=O) groups is 1. The maximum absolute atomic E-state index is 11.3. The first-order valence-corrected chi connectivity index (χ1v) is 6.11. The summed E-state index contributed by atoms with van der Waals surface area (Å²) >= 11 is 1.30. The van der Waals surface area contributed by atoms with E-state index in [4.69, 9.17) is 0 Å². The summed E-state index contributed by atoms with van der Waals surface area (Å²) in [6, 6.07) is 6.17. The second-order valence-corrected chi connectivity index (χ2v) is 4.71. The molecule has 0 N–H and O–H groups in total. The summed E-state index contributed by atoms with van der Waals surface area (Å²) in [6.07, 6.45) is 0. The molecule has 4 heteroatoms. The number of carbonyl (C=O) groups excluding carboxylic acids is 1. The van der Waals surface area contributed by atoms with Gasteiger partial charge in [-0.3, -0.25) is 0 Å². The van der Waals surface area contributed by atoms with Gasteiger partial charge in [0.05, 0.1) is 12.8 Å². The lowest BCUT2D eigenvalue weighted by Gasteiger charge is -2.03. The van der Waals surface area contributed by atoms with E-state index in [1.807, 2.05) is 24.4 Å². The number of methoxy groups -OCH3 is 1. The number of rotatable bonds is 2. The number of hydrogen-bond donors (Lipinski definition) is 0. The zero-order valence-corrected chi connectivity index (χ0v) is 10.8. The van der Waals surface area contributed by atoms with Crippen molar-refractivity contribution < 1.29 is 9.53 Å². The quantitative estimate of drug-likeness (QED) is 0.765. The summed E-state index contributed by atoms with van der Waals surface area (Å²) < 4.78 is 4.64. The number of aryl methyl sites for hydroxylation is 2. The van der Waals surface area contributed by atoms with Crippen LogP contribution in [0, 0.1) is 13.8 Å². The Morgan fingerprint density at radius 3 is 2.76 bits per heavy atom. The molecule has 0 aliphatic carbocycles. The van der Waals surface area contributed by atoms with Gasteiger partial charge in [0, 0.05) is 10.9 Å². The summed E-state index contributed by atoms with van der Waals surface area (Å²) in [7, 11) is 1.36. The van der Waals surface area contributed by atoms with E-state index < -0.39 is 0 Å². The maximum Gasteiger partial charge on any atom is 0.367 e. The van der Waals surface area contributed by atoms with Crippen molar-refractivity contribution in [3.8, 4) is 11.3 Å². The minimum Gasteiger partial charge on any atom is -0.464 e. The Hall–Kier alpha value is -1.68. The highest BCUT2D eigenvalue weighted by molar-refractivity contribution is 7.11. The van der Waals surface area contributed by atoms with Gasteiger partial charge in [0.15, 0.2) is 0 Å². The predicted octanol–water partition coefficient (Wildman–Crippen LogP) is 3.21. The lowest BCUT2D eigenvalue weighted by molar-refractivity contribution is 0.0600. The zero-order valence-electron chi connectivity index (χ0n) is 9.98. The molecule has 1 aromatic heterocycles. The molecule has 0 amide bonds. The van der Waals surface area contributed by atoms with E-state index in [2.05, 4.69) is 22.7 Å². The molecule has 1 heterocycles. The molecule has 0 saturated heterocycles. The van der Waals surface area contributed by atoms with Gasteiger partial charge < -0.3 is 4.74 Å². The molecule has 0 fully saturated rings. The number of benzene rings is 1. The highest BCUT2D eigenvalue weighted by atomic mass is 32.1. The van der Waals surface area contributed by atoms with E-state index >= 15 is 0 Å². The molecular formula is C13H13NO2S. The largest absolute Gasteiger partial charge is 0.464 e. The molecule has 0 bridgehead atoms. The zero-order chi connectivity index (χ0) is 12.4. The molecule has 0 radical (unpaired) electrons. The van der Waals surface area contributed by atoms with Gasteiger partial charge in [-0.1, -0.05) is 23.8 Å². The van der Waals surface area contributed by atoms with Crippen LogP contribution in [0.2, 0.25) is 0 Å². The number of nitrogens with zero attached hydrogens (tertiary/aromatic N) is 1. The van der Waals surface area contributed by atoms with E-state index in [1.165, 1.54) is 24.0 Å². The molecule has 2 aromatic rings. The summed E-state index contributed by atoms with van der Waals surface area (Å²) in [5.41, 5.74) is 4.26. The molecule has 0 unspecified atom stereocenters. The molecule has 1 aromatic carbocycles. The van der Waals surface area contributed by atoms with Gasteiger partial charge in [-0.05, 0) is 19.4 Å². The third-order valence-electron chi connectivity index (χ3n) is 2.52. The number of ether oxygens (including phenoxy) is 1. The molecule has 88 valence electrons. The van der Waals surface area contributed by atoms with Crippen LogP contribution in [0.1, 0.15) is 20.9 Å². The number of esters is 1. The van der Waals surface area contributed by atoms with Gasteiger partial charge in [-0.2, -0.15) is 0 Å². The number of aromatic nitrogens is 1. The van der Waals surface area contributed by atoms with Gasteiger partial charge in [-0.25, -0.2) is 9.78 Å². The van der Waals surface area contributed by atoms with Crippen LogP contribution in [0.25, 0.3) is 11.3 Å². The molecule has 0 aliphatic rings. The van der Waals surface area contributed by atoms with Gasteiger partial charge in [0.25, 0.3) is 0 Å². The Balaban J connectivity index is 2.40. The fourth-order valence-electron chi connectivity index (χ4n) is 1.68. The fraction of sp³-hybridized carbons (Fsp3) is 0.231. The summed E-state index contributed by atoms with van der Waals surface area (Å²) in [4.78, 5) is 15.6. The summed E-state index contributed by atoms with van der Waals surface area (Å²) in [6.45, 7) is 4.09. The number of thiazole rings is 1.